The fraction of sp³-hybridized carbons (Fsp3) is 0.615. The number of hydrogen-bond donors (Lipinski definition) is 6. The maximum absolute atomic E-state index is 14.9. The Hall–Kier alpha value is -5.17. The Kier molecular flexibility index (Phi) is 21.3. The zero-order valence-electron chi connectivity index (χ0n) is 42.7. The molecule has 5 aromatic rings. The number of anilines is 2. The number of rotatable bonds is 33. The van der Waals surface area contributed by atoms with Crippen molar-refractivity contribution in [2.75, 3.05) is 44.5 Å². The van der Waals surface area contributed by atoms with E-state index in [1.165, 1.54) is 117 Å². The number of ether oxygens (including phenoxy) is 4. The first kappa shape index (κ1) is 57.5. The van der Waals surface area contributed by atoms with Crippen LogP contribution in [-0.2, 0) is 54.9 Å². The Morgan fingerprint density at radius 3 is 1.56 bits per heavy atom. The zero-order valence-corrected chi connectivity index (χ0v) is 43.6. The van der Waals surface area contributed by atoms with Crippen LogP contribution < -0.4 is 11.5 Å². The van der Waals surface area contributed by atoms with Crippen LogP contribution in [0.4, 0.5) is 11.6 Å². The summed E-state index contributed by atoms with van der Waals surface area (Å²) in [6, 6.07) is 19.2. The van der Waals surface area contributed by atoms with Crippen LogP contribution in [0.5, 0.6) is 0 Å². The van der Waals surface area contributed by atoms with E-state index >= 15 is 0 Å². The third kappa shape index (κ3) is 14.1. The van der Waals surface area contributed by atoms with Crippen LogP contribution in [0, 0.1) is 22.7 Å². The average Bonchev–Trinajstić information content (AvgIpc) is 4.19. The van der Waals surface area contributed by atoms with Crippen LogP contribution in [0.15, 0.2) is 67.3 Å². The molecule has 2 saturated heterocycles. The van der Waals surface area contributed by atoms with E-state index in [1.54, 1.807) is 0 Å². The number of aromatic nitrogens is 6. The Labute approximate surface area is 437 Å². The predicted molar refractivity (Wildman–Crippen MR) is 274 cm³/mol. The van der Waals surface area contributed by atoms with Crippen molar-refractivity contribution < 1.29 is 57.5 Å². The summed E-state index contributed by atoms with van der Waals surface area (Å²) in [6.45, 7) is 0.899. The minimum atomic E-state index is -4.89. The molecule has 0 radical (unpaired) electrons. The number of unbranched alkanes of at least 4 members (excludes halogenated alkanes) is 15. The second-order valence-electron chi connectivity index (χ2n) is 19.3. The van der Waals surface area contributed by atoms with Gasteiger partial charge < -0.3 is 50.8 Å². The molecular weight excluding hydrogens is 988 g/mol. The standard InChI is InChI=1S/C52H73N10O12P/c1-2-3-4-5-6-7-8-9-10-11-12-13-14-15-16-20-27-68-29-38(69-28-37-21-18-17-19-22-37)30-70-75(67,71-31-41-45(63)47(65)51(33-53,73-41)43-25-23-39-49(55)57-35-59-61(39)43)72-32-42-46(64)48(66)52(34-54,74-42)44-26-24-40-50(56)58-36-60-62(40)44/h17-19,21-26,35-36,38,41-42,45-48,63-66H,2-16,20,27-32H2,1H3,(H2,55,57,59)(H2,56,58,60)/t38-,41+,42+,45+,46+,47+,48+,51-,52-/m0/s1. The predicted octanol–water partition coefficient (Wildman–Crippen LogP) is 6.34. The second kappa shape index (κ2) is 27.7. The number of nitrogens with two attached hydrogens (primary N) is 2. The van der Waals surface area contributed by atoms with Gasteiger partial charge >= 0.3 is 7.82 Å². The van der Waals surface area contributed by atoms with E-state index in [2.05, 4.69) is 27.1 Å². The molecule has 2 fully saturated rings. The highest BCUT2D eigenvalue weighted by Crippen LogP contribution is 2.52. The lowest BCUT2D eigenvalue weighted by atomic mass is 9.92. The minimum absolute atomic E-state index is 0.0219. The minimum Gasteiger partial charge on any atom is -0.387 e. The van der Waals surface area contributed by atoms with Crippen molar-refractivity contribution in [2.24, 2.45) is 0 Å². The summed E-state index contributed by atoms with van der Waals surface area (Å²) in [5.74, 6) is 0.168. The Morgan fingerprint density at radius 2 is 1.11 bits per heavy atom. The highest BCUT2D eigenvalue weighted by Gasteiger charge is 2.59. The second-order valence-corrected chi connectivity index (χ2v) is 21.0. The van der Waals surface area contributed by atoms with Crippen molar-refractivity contribution in [1.82, 2.24) is 29.2 Å². The van der Waals surface area contributed by atoms with Gasteiger partial charge in [-0.15, -0.1) is 0 Å². The normalized spacial score (nSPS) is 24.3. The van der Waals surface area contributed by atoms with Gasteiger partial charge in [0.15, 0.2) is 11.6 Å². The first-order chi connectivity index (χ1) is 36.4. The van der Waals surface area contributed by atoms with Crippen molar-refractivity contribution in [2.45, 2.75) is 170 Å². The molecule has 0 aliphatic carbocycles. The number of hydrogen-bond acceptors (Lipinski definition) is 20. The monoisotopic (exact) mass is 1060 g/mol. The van der Waals surface area contributed by atoms with Gasteiger partial charge in [0.05, 0.1) is 44.4 Å². The number of aliphatic hydroxyl groups is 4. The molecule has 1 aromatic carbocycles. The molecular formula is C52H73N10O12P. The van der Waals surface area contributed by atoms with Crippen LogP contribution in [0.1, 0.15) is 127 Å². The average molecular weight is 1060 g/mol. The first-order valence-electron chi connectivity index (χ1n) is 26.2. The van der Waals surface area contributed by atoms with Crippen LogP contribution >= 0.6 is 7.82 Å². The molecule has 22 nitrogen and oxygen atoms in total. The Balaban J connectivity index is 0.991. The van der Waals surface area contributed by atoms with E-state index in [0.717, 1.165) is 37.5 Å². The smallest absolute Gasteiger partial charge is 0.387 e. The lowest BCUT2D eigenvalue weighted by Crippen LogP contribution is -2.41. The summed E-state index contributed by atoms with van der Waals surface area (Å²) in [5.41, 5.74) is 9.12. The molecule has 408 valence electrons. The van der Waals surface area contributed by atoms with Crippen LogP contribution in [-0.4, -0.2) is 125 Å². The molecule has 2 aliphatic heterocycles. The van der Waals surface area contributed by atoms with Crippen molar-refractivity contribution in [3.05, 3.63) is 84.2 Å². The van der Waals surface area contributed by atoms with E-state index in [4.69, 9.17) is 44.0 Å². The number of nitriles is 2. The van der Waals surface area contributed by atoms with E-state index < -0.39 is 81.6 Å². The van der Waals surface area contributed by atoms with Gasteiger partial charge in [-0.3, -0.25) is 13.6 Å². The molecule has 0 bridgehead atoms. The molecule has 4 aromatic heterocycles. The highest BCUT2D eigenvalue weighted by atomic mass is 31.2. The van der Waals surface area contributed by atoms with Gasteiger partial charge in [0.1, 0.15) is 78.6 Å². The molecule has 2 aliphatic rings. The van der Waals surface area contributed by atoms with Crippen molar-refractivity contribution in [3.8, 4) is 12.1 Å². The van der Waals surface area contributed by atoms with Crippen LogP contribution in [0.3, 0.4) is 0 Å². The summed E-state index contributed by atoms with van der Waals surface area (Å²) in [4.78, 5) is 7.92. The Morgan fingerprint density at radius 1 is 0.653 bits per heavy atom. The fourth-order valence-corrected chi connectivity index (χ4v) is 10.8. The summed E-state index contributed by atoms with van der Waals surface area (Å²) >= 11 is 0. The number of benzene rings is 1. The van der Waals surface area contributed by atoms with Crippen molar-refractivity contribution in [3.63, 3.8) is 0 Å². The summed E-state index contributed by atoms with van der Waals surface area (Å²) in [5, 5.41) is 74.8. The quantitative estimate of drug-likeness (QED) is 0.0197. The Bertz CT molecular complexity index is 2550. The number of phosphoric acid groups is 1. The molecule has 0 spiro atoms. The summed E-state index contributed by atoms with van der Waals surface area (Å²) in [7, 11) is -4.89. The van der Waals surface area contributed by atoms with Gasteiger partial charge in [-0.2, -0.15) is 20.7 Å². The van der Waals surface area contributed by atoms with E-state index in [1.807, 2.05) is 42.5 Å². The third-order valence-corrected chi connectivity index (χ3v) is 15.4. The van der Waals surface area contributed by atoms with Gasteiger partial charge in [0.25, 0.3) is 0 Å². The van der Waals surface area contributed by atoms with Gasteiger partial charge in [-0.05, 0) is 36.2 Å². The molecule has 0 amide bonds. The molecule has 7 rings (SSSR count). The lowest BCUT2D eigenvalue weighted by molar-refractivity contribution is -0.0802. The third-order valence-electron chi connectivity index (χ3n) is 14.0. The lowest BCUT2D eigenvalue weighted by Gasteiger charge is -2.26. The number of fused-ring (bicyclic) bond motifs is 2. The number of phosphoric ester groups is 1. The summed E-state index contributed by atoms with van der Waals surface area (Å²) in [6.07, 6.45) is 11.0. The zero-order chi connectivity index (χ0) is 53.3. The molecule has 75 heavy (non-hydrogen) atoms. The molecule has 6 heterocycles. The highest BCUT2D eigenvalue weighted by molar-refractivity contribution is 7.48. The van der Waals surface area contributed by atoms with Gasteiger partial charge in [0, 0.05) is 6.61 Å². The molecule has 0 unspecified atom stereocenters. The molecule has 0 saturated carbocycles. The SMILES string of the molecule is CCCCCCCCCCCCCCCCCCOC[C@@H](COP(=O)(OC[C@H]1O[C@@](C#N)(c2ccc3c(N)ncnn23)[C@H](O)[C@@H]1O)OC[C@H]1O[C@@](C#N)(c2ccc3c(N)ncnn23)[C@H](O)[C@@H]1O)OCc1ccccc1. The maximum atomic E-state index is 14.9. The van der Waals surface area contributed by atoms with E-state index in [-0.39, 0.29) is 36.2 Å². The fourth-order valence-electron chi connectivity index (χ4n) is 9.62. The summed E-state index contributed by atoms with van der Waals surface area (Å²) < 4.78 is 59.5. The largest absolute Gasteiger partial charge is 0.475 e. The number of nitrogen functional groups attached to an aromatic ring is 2. The molecule has 8 N–H and O–H groups in total. The van der Waals surface area contributed by atoms with Gasteiger partial charge in [-0.1, -0.05) is 134 Å². The molecule has 23 heteroatoms. The number of aliphatic hydroxyl groups excluding tert-OH is 4. The number of nitrogens with zero attached hydrogens (tertiary/aromatic N) is 8. The van der Waals surface area contributed by atoms with E-state index in [0.29, 0.717) is 17.6 Å². The topological polar surface area (TPSA) is 323 Å². The van der Waals surface area contributed by atoms with Crippen molar-refractivity contribution in [1.29, 1.82) is 10.5 Å². The van der Waals surface area contributed by atoms with Crippen LogP contribution in [0.2, 0.25) is 0 Å². The van der Waals surface area contributed by atoms with E-state index in [9.17, 15) is 35.5 Å². The van der Waals surface area contributed by atoms with Gasteiger partial charge in [-0.25, -0.2) is 23.6 Å². The van der Waals surface area contributed by atoms with Crippen LogP contribution in [0.25, 0.3) is 11.0 Å². The maximum Gasteiger partial charge on any atom is 0.475 e. The van der Waals surface area contributed by atoms with Gasteiger partial charge in [0.2, 0.25) is 11.2 Å². The molecule has 9 atom stereocenters. The first-order valence-corrected chi connectivity index (χ1v) is 27.7. The van der Waals surface area contributed by atoms with Crippen molar-refractivity contribution >= 4 is 30.5 Å².